The lowest BCUT2D eigenvalue weighted by atomic mass is 10.1. The van der Waals surface area contributed by atoms with Gasteiger partial charge in [-0.2, -0.15) is 0 Å². The molecule has 2 aromatic carbocycles. The smallest absolute Gasteiger partial charge is 0.251 e. The van der Waals surface area contributed by atoms with Gasteiger partial charge in [-0.3, -0.25) is 4.79 Å². The lowest BCUT2D eigenvalue weighted by molar-refractivity contribution is 0.0939. The van der Waals surface area contributed by atoms with Crippen molar-refractivity contribution in [1.82, 2.24) is 10.3 Å². The first-order valence-corrected chi connectivity index (χ1v) is 7.90. The van der Waals surface area contributed by atoms with Crippen LogP contribution in [0.1, 0.15) is 42.1 Å². The van der Waals surface area contributed by atoms with Crippen LogP contribution in [-0.2, 0) is 6.42 Å². The van der Waals surface area contributed by atoms with Crippen LogP contribution < -0.4 is 5.32 Å². The van der Waals surface area contributed by atoms with Gasteiger partial charge in [-0.25, -0.2) is 4.98 Å². The first kappa shape index (κ1) is 15.3. The van der Waals surface area contributed by atoms with Crippen LogP contribution in [0.25, 0.3) is 11.1 Å². The molecule has 118 valence electrons. The number of nitrogens with zero attached hydrogens (tertiary/aromatic N) is 1. The molecule has 0 aliphatic rings. The normalized spacial score (nSPS) is 12.3. The summed E-state index contributed by atoms with van der Waals surface area (Å²) < 4.78 is 5.80. The third kappa shape index (κ3) is 3.59. The van der Waals surface area contributed by atoms with Crippen molar-refractivity contribution in [2.24, 2.45) is 0 Å². The summed E-state index contributed by atoms with van der Waals surface area (Å²) in [5.41, 5.74) is 3.16. The van der Waals surface area contributed by atoms with E-state index in [4.69, 9.17) is 4.42 Å². The van der Waals surface area contributed by atoms with Crippen LogP contribution >= 0.6 is 0 Å². The fraction of sp³-hybridized carbons (Fsp3) is 0.263. The molecule has 1 N–H and O–H groups in total. The van der Waals surface area contributed by atoms with Crippen LogP contribution in [0.15, 0.2) is 52.9 Å². The molecule has 1 aromatic heterocycles. The highest BCUT2D eigenvalue weighted by atomic mass is 16.3. The summed E-state index contributed by atoms with van der Waals surface area (Å²) in [6, 6.07) is 15.6. The van der Waals surface area contributed by atoms with Gasteiger partial charge in [-0.05, 0) is 37.1 Å². The fourth-order valence-corrected chi connectivity index (χ4v) is 2.37. The van der Waals surface area contributed by atoms with E-state index < -0.39 is 0 Å². The number of fused-ring (bicyclic) bond motifs is 1. The van der Waals surface area contributed by atoms with Gasteiger partial charge in [0.25, 0.3) is 5.91 Å². The molecule has 4 nitrogen and oxygen atoms in total. The van der Waals surface area contributed by atoms with E-state index in [1.54, 1.807) is 12.1 Å². The number of rotatable bonds is 5. The summed E-state index contributed by atoms with van der Waals surface area (Å²) in [6.07, 6.45) is 1.54. The van der Waals surface area contributed by atoms with E-state index in [-0.39, 0.29) is 11.9 Å². The number of nitrogens with one attached hydrogen (secondary N) is 1. The molecule has 1 heterocycles. The monoisotopic (exact) mass is 308 g/mol. The average molecular weight is 308 g/mol. The van der Waals surface area contributed by atoms with Gasteiger partial charge in [0.1, 0.15) is 5.52 Å². The molecule has 0 spiro atoms. The molecule has 0 aliphatic carbocycles. The summed E-state index contributed by atoms with van der Waals surface area (Å²) in [5, 5.41) is 2.96. The topological polar surface area (TPSA) is 55.1 Å². The predicted molar refractivity (Wildman–Crippen MR) is 90.5 cm³/mol. The van der Waals surface area contributed by atoms with Gasteiger partial charge in [-0.1, -0.05) is 37.3 Å². The highest BCUT2D eigenvalue weighted by Gasteiger charge is 2.12. The summed E-state index contributed by atoms with van der Waals surface area (Å²) in [4.78, 5) is 16.7. The lowest BCUT2D eigenvalue weighted by Gasteiger charge is -2.10. The molecule has 0 saturated carbocycles. The van der Waals surface area contributed by atoms with Gasteiger partial charge in [-0.15, -0.1) is 0 Å². The SMILES string of the molecule is CC[C@H](C)NC(=O)c1ccc2nc(Cc3ccccc3)oc2c1. The summed E-state index contributed by atoms with van der Waals surface area (Å²) in [7, 11) is 0. The molecule has 0 unspecified atom stereocenters. The van der Waals surface area contributed by atoms with Crippen LogP contribution in [0.3, 0.4) is 0 Å². The third-order valence-electron chi connectivity index (χ3n) is 3.88. The molecule has 0 fully saturated rings. The molecule has 0 saturated heterocycles. The number of oxazole rings is 1. The predicted octanol–water partition coefficient (Wildman–Crippen LogP) is 3.95. The molecular weight excluding hydrogens is 288 g/mol. The summed E-state index contributed by atoms with van der Waals surface area (Å²) in [6.45, 7) is 4.03. The second kappa shape index (κ2) is 6.65. The first-order chi connectivity index (χ1) is 11.2. The molecule has 1 amide bonds. The van der Waals surface area contributed by atoms with Crippen molar-refractivity contribution < 1.29 is 9.21 Å². The molecule has 0 aliphatic heterocycles. The van der Waals surface area contributed by atoms with E-state index in [2.05, 4.69) is 10.3 Å². The van der Waals surface area contributed by atoms with E-state index in [1.165, 1.54) is 0 Å². The summed E-state index contributed by atoms with van der Waals surface area (Å²) in [5.74, 6) is 0.577. The molecule has 0 bridgehead atoms. The van der Waals surface area contributed by atoms with Crippen molar-refractivity contribution in [3.05, 3.63) is 65.5 Å². The van der Waals surface area contributed by atoms with E-state index >= 15 is 0 Å². The van der Waals surface area contributed by atoms with Crippen molar-refractivity contribution >= 4 is 17.0 Å². The highest BCUT2D eigenvalue weighted by Crippen LogP contribution is 2.19. The van der Waals surface area contributed by atoms with Gasteiger partial charge >= 0.3 is 0 Å². The van der Waals surface area contributed by atoms with Gasteiger partial charge in [0.15, 0.2) is 11.5 Å². The molecule has 4 heteroatoms. The Morgan fingerprint density at radius 1 is 1.22 bits per heavy atom. The third-order valence-corrected chi connectivity index (χ3v) is 3.88. The van der Waals surface area contributed by atoms with Gasteiger partial charge in [0.2, 0.25) is 0 Å². The zero-order chi connectivity index (χ0) is 16.2. The quantitative estimate of drug-likeness (QED) is 0.776. The van der Waals surface area contributed by atoms with Crippen LogP contribution in [0.4, 0.5) is 0 Å². The lowest BCUT2D eigenvalue weighted by Crippen LogP contribution is -2.31. The van der Waals surface area contributed by atoms with Crippen molar-refractivity contribution in [2.45, 2.75) is 32.7 Å². The van der Waals surface area contributed by atoms with Crippen molar-refractivity contribution in [3.8, 4) is 0 Å². The first-order valence-electron chi connectivity index (χ1n) is 7.90. The Kier molecular flexibility index (Phi) is 4.42. The Morgan fingerprint density at radius 2 is 2.00 bits per heavy atom. The maximum atomic E-state index is 12.2. The minimum absolute atomic E-state index is 0.0812. The number of amides is 1. The maximum Gasteiger partial charge on any atom is 0.251 e. The molecule has 3 rings (SSSR count). The van der Waals surface area contributed by atoms with Crippen molar-refractivity contribution in [2.75, 3.05) is 0 Å². The Labute approximate surface area is 135 Å². The zero-order valence-electron chi connectivity index (χ0n) is 13.4. The van der Waals surface area contributed by atoms with E-state index in [9.17, 15) is 4.79 Å². The minimum atomic E-state index is -0.0812. The Bertz CT molecular complexity index is 809. The molecule has 3 aromatic rings. The van der Waals surface area contributed by atoms with Crippen molar-refractivity contribution in [3.63, 3.8) is 0 Å². The van der Waals surface area contributed by atoms with Gasteiger partial charge in [0.05, 0.1) is 0 Å². The molecule has 0 radical (unpaired) electrons. The largest absolute Gasteiger partial charge is 0.440 e. The second-order valence-corrected chi connectivity index (χ2v) is 5.74. The van der Waals surface area contributed by atoms with Crippen LogP contribution in [0.2, 0.25) is 0 Å². The van der Waals surface area contributed by atoms with E-state index in [0.717, 1.165) is 17.5 Å². The number of hydrogen-bond acceptors (Lipinski definition) is 3. The Morgan fingerprint density at radius 3 is 2.74 bits per heavy atom. The standard InChI is InChI=1S/C19H20N2O2/c1-3-13(2)20-19(22)15-9-10-16-17(12-15)23-18(21-16)11-14-7-5-4-6-8-14/h4-10,12-13H,3,11H2,1-2H3,(H,20,22)/t13-/m0/s1. The number of aromatic nitrogens is 1. The fourth-order valence-electron chi connectivity index (χ4n) is 2.37. The van der Waals surface area contributed by atoms with Gasteiger partial charge in [0, 0.05) is 18.0 Å². The molecule has 23 heavy (non-hydrogen) atoms. The summed E-state index contributed by atoms with van der Waals surface area (Å²) >= 11 is 0. The maximum absolute atomic E-state index is 12.2. The second-order valence-electron chi connectivity index (χ2n) is 5.74. The number of carbonyl (C=O) groups is 1. The van der Waals surface area contributed by atoms with E-state index in [1.807, 2.05) is 50.2 Å². The van der Waals surface area contributed by atoms with Crippen LogP contribution in [0.5, 0.6) is 0 Å². The molecule has 1 atom stereocenters. The number of carbonyl (C=O) groups excluding carboxylic acids is 1. The zero-order valence-corrected chi connectivity index (χ0v) is 13.4. The molecular formula is C19H20N2O2. The number of hydrogen-bond donors (Lipinski definition) is 1. The Balaban J connectivity index is 1.82. The minimum Gasteiger partial charge on any atom is -0.440 e. The average Bonchev–Trinajstić information content (AvgIpc) is 2.96. The van der Waals surface area contributed by atoms with Crippen LogP contribution in [-0.4, -0.2) is 16.9 Å². The Hall–Kier alpha value is -2.62. The van der Waals surface area contributed by atoms with Crippen LogP contribution in [0, 0.1) is 0 Å². The highest BCUT2D eigenvalue weighted by molar-refractivity contribution is 5.97. The van der Waals surface area contributed by atoms with Gasteiger partial charge < -0.3 is 9.73 Å². The number of benzene rings is 2. The van der Waals surface area contributed by atoms with Crippen molar-refractivity contribution in [1.29, 1.82) is 0 Å². The van der Waals surface area contributed by atoms with E-state index in [0.29, 0.717) is 23.5 Å².